The van der Waals surface area contributed by atoms with E-state index in [0.717, 1.165) is 12.0 Å². The minimum absolute atomic E-state index is 0.0356. The Morgan fingerprint density at radius 3 is 2.21 bits per heavy atom. The molecule has 16 heteroatoms. The minimum atomic E-state index is -1.24. The van der Waals surface area contributed by atoms with Crippen LogP contribution in [-0.4, -0.2) is 106 Å². The van der Waals surface area contributed by atoms with Crippen LogP contribution in [0.4, 0.5) is 9.59 Å². The zero-order chi connectivity index (χ0) is 43.4. The van der Waals surface area contributed by atoms with Crippen molar-refractivity contribution in [1.82, 2.24) is 15.5 Å². The highest BCUT2D eigenvalue weighted by atomic mass is 16.7. The van der Waals surface area contributed by atoms with E-state index >= 15 is 0 Å². The number of benzene rings is 1. The maximum Gasteiger partial charge on any atom is 0.414 e. The van der Waals surface area contributed by atoms with Gasteiger partial charge >= 0.3 is 18.2 Å². The highest BCUT2D eigenvalue weighted by Gasteiger charge is 2.54. The molecule has 0 bridgehead atoms. The zero-order valence-electron chi connectivity index (χ0n) is 36.4. The van der Waals surface area contributed by atoms with E-state index in [4.69, 9.17) is 38.9 Å². The second-order valence-electron chi connectivity index (χ2n) is 17.7. The molecule has 0 aromatic heterocycles. The van der Waals surface area contributed by atoms with Crippen molar-refractivity contribution >= 4 is 30.0 Å². The van der Waals surface area contributed by atoms with Gasteiger partial charge in [0.15, 0.2) is 11.5 Å². The number of hydrogen-bond acceptors (Lipinski definition) is 12. The molecule has 4 atom stereocenters. The molecule has 0 radical (unpaired) electrons. The highest BCUT2D eigenvalue weighted by Crippen LogP contribution is 2.38. The molecule has 1 heterocycles. The Bertz CT molecular complexity index is 1550. The molecule has 2 aliphatic rings. The van der Waals surface area contributed by atoms with Crippen molar-refractivity contribution in [3.63, 3.8) is 0 Å². The number of nitrogens with zero attached hydrogens (tertiary/aromatic N) is 1. The normalized spacial score (nSPS) is 18.6. The van der Waals surface area contributed by atoms with E-state index in [1.54, 1.807) is 48.8 Å². The molecule has 0 spiro atoms. The number of rotatable bonds is 22. The summed E-state index contributed by atoms with van der Waals surface area (Å²) in [6.07, 6.45) is 0.816. The van der Waals surface area contributed by atoms with Crippen LogP contribution in [0, 0.1) is 29.1 Å². The van der Waals surface area contributed by atoms with Gasteiger partial charge in [0.25, 0.3) is 0 Å². The van der Waals surface area contributed by atoms with Gasteiger partial charge < -0.3 is 49.5 Å². The number of amides is 4. The van der Waals surface area contributed by atoms with Crippen molar-refractivity contribution in [1.29, 1.82) is 0 Å². The number of hydrogen-bond donors (Lipinski definition) is 3. The first-order valence-corrected chi connectivity index (χ1v) is 20.2. The Morgan fingerprint density at radius 2 is 1.64 bits per heavy atom. The van der Waals surface area contributed by atoms with Crippen molar-refractivity contribution in [2.24, 2.45) is 34.8 Å². The van der Waals surface area contributed by atoms with Crippen LogP contribution < -0.4 is 25.8 Å². The number of ether oxygens (including phenoxy) is 7. The van der Waals surface area contributed by atoms with E-state index in [-0.39, 0.29) is 43.4 Å². The molecule has 3 rings (SSSR count). The molecule has 2 fully saturated rings. The third-order valence-electron chi connectivity index (χ3n) is 10.7. The highest BCUT2D eigenvalue weighted by molar-refractivity contribution is 5.89. The maximum absolute atomic E-state index is 13.8. The number of carbonyl (C=O) groups is 5. The molecule has 1 aromatic carbocycles. The van der Waals surface area contributed by atoms with Crippen molar-refractivity contribution in [2.45, 2.75) is 124 Å². The molecular formula is C42H68N4O12. The molecule has 328 valence electrons. The summed E-state index contributed by atoms with van der Waals surface area (Å²) in [5.41, 5.74) is 3.64. The lowest BCUT2D eigenvalue weighted by molar-refractivity contribution is -0.156. The first kappa shape index (κ1) is 48.1. The van der Waals surface area contributed by atoms with Crippen LogP contribution in [0.3, 0.4) is 0 Å². The molecular weight excluding hydrogens is 752 g/mol. The molecule has 1 aromatic rings. The Morgan fingerprint density at radius 1 is 0.948 bits per heavy atom. The average molecular weight is 821 g/mol. The van der Waals surface area contributed by atoms with E-state index in [9.17, 15) is 24.0 Å². The predicted octanol–water partition coefficient (Wildman–Crippen LogP) is 5.33. The Kier molecular flexibility index (Phi) is 17.5. The fourth-order valence-corrected chi connectivity index (χ4v) is 6.64. The average Bonchev–Trinajstić information content (AvgIpc) is 3.81. The number of carbonyl (C=O) groups excluding carboxylic acids is 5. The minimum Gasteiger partial charge on any atom is -0.493 e. The van der Waals surface area contributed by atoms with Gasteiger partial charge in [-0.3, -0.25) is 14.5 Å². The van der Waals surface area contributed by atoms with Gasteiger partial charge in [-0.1, -0.05) is 33.8 Å². The summed E-state index contributed by atoms with van der Waals surface area (Å²) < 4.78 is 39.2. The quantitative estimate of drug-likeness (QED) is 0.0773. The first-order chi connectivity index (χ1) is 27.1. The van der Waals surface area contributed by atoms with E-state index in [1.165, 1.54) is 4.90 Å². The van der Waals surface area contributed by atoms with E-state index in [2.05, 4.69) is 24.5 Å². The number of nitrogens with two attached hydrogens (primary N) is 1. The number of nitrogens with one attached hydrogen (secondary N) is 2. The summed E-state index contributed by atoms with van der Waals surface area (Å²) in [6, 6.07) is 5.33. The third kappa shape index (κ3) is 14.2. The lowest BCUT2D eigenvalue weighted by Gasteiger charge is -2.33. The molecule has 1 saturated carbocycles. The standard InChI is InChI=1S/C42H68N4O12/c1-26(2)29(19-28-13-14-32(53-11)34(20-28)54-18-12-17-52-10)21-31-33(22-30(27(3)4)35(47)44-23-41(8,9)36(43)48)55-24-46(31)39(51)57-25-56-37(49)42(15-16-42)45-38(50)58-40(5,6)7/h13-14,20,26-27,29-31,33H,12,15-19,21-25H2,1-11H3,(H2,43,48)(H,44,47)(H,45,50)/t29-,30-,31-,33-/m0/s1. The molecule has 4 amide bonds. The van der Waals surface area contributed by atoms with Gasteiger partial charge in [-0.2, -0.15) is 0 Å². The number of alkyl carbamates (subject to hydrolysis) is 1. The van der Waals surface area contributed by atoms with Crippen molar-refractivity contribution in [3.8, 4) is 11.5 Å². The molecule has 1 saturated heterocycles. The van der Waals surface area contributed by atoms with Crippen LogP contribution in [0.5, 0.6) is 11.5 Å². The Balaban J connectivity index is 1.82. The summed E-state index contributed by atoms with van der Waals surface area (Å²) >= 11 is 0. The number of esters is 1. The van der Waals surface area contributed by atoms with E-state index in [0.29, 0.717) is 50.4 Å². The number of methoxy groups -OCH3 is 2. The second kappa shape index (κ2) is 21.1. The molecule has 1 aliphatic carbocycles. The maximum atomic E-state index is 13.8. The van der Waals surface area contributed by atoms with Crippen LogP contribution in [0.25, 0.3) is 0 Å². The van der Waals surface area contributed by atoms with Gasteiger partial charge in [0.05, 0.1) is 31.3 Å². The lowest BCUT2D eigenvalue weighted by atomic mass is 9.80. The van der Waals surface area contributed by atoms with Crippen LogP contribution in [0.15, 0.2) is 18.2 Å². The summed E-state index contributed by atoms with van der Waals surface area (Å²) in [5, 5.41) is 5.49. The van der Waals surface area contributed by atoms with Crippen molar-refractivity contribution in [3.05, 3.63) is 23.8 Å². The van der Waals surface area contributed by atoms with Crippen LogP contribution in [0.2, 0.25) is 0 Å². The van der Waals surface area contributed by atoms with Gasteiger partial charge in [0, 0.05) is 32.6 Å². The van der Waals surface area contributed by atoms with E-state index < -0.39 is 65.5 Å². The zero-order valence-corrected chi connectivity index (χ0v) is 36.4. The molecule has 4 N–H and O–H groups in total. The third-order valence-corrected chi connectivity index (χ3v) is 10.7. The van der Waals surface area contributed by atoms with Gasteiger partial charge in [-0.05, 0) is 102 Å². The fraction of sp³-hybridized carbons (Fsp3) is 0.738. The topological polar surface area (TPSA) is 203 Å². The van der Waals surface area contributed by atoms with Gasteiger partial charge in [0.2, 0.25) is 18.6 Å². The van der Waals surface area contributed by atoms with Crippen molar-refractivity contribution < 1.29 is 57.1 Å². The predicted molar refractivity (Wildman–Crippen MR) is 215 cm³/mol. The molecule has 0 unspecified atom stereocenters. The van der Waals surface area contributed by atoms with Gasteiger partial charge in [-0.15, -0.1) is 0 Å². The summed E-state index contributed by atoms with van der Waals surface area (Å²) in [7, 11) is 3.24. The largest absolute Gasteiger partial charge is 0.493 e. The molecule has 16 nitrogen and oxygen atoms in total. The van der Waals surface area contributed by atoms with Gasteiger partial charge in [0.1, 0.15) is 17.9 Å². The van der Waals surface area contributed by atoms with Crippen LogP contribution >= 0.6 is 0 Å². The SMILES string of the molecule is COCCCOc1cc(C[C@@H](C[C@H]2[C@H](C[C@H](C(=O)NCC(C)(C)C(N)=O)C(C)C)OCN2C(=O)OCOC(=O)C2(NC(=O)OC(C)(C)C)CC2)C(C)C)ccc1OC. The molecule has 58 heavy (non-hydrogen) atoms. The second-order valence-corrected chi connectivity index (χ2v) is 17.7. The smallest absolute Gasteiger partial charge is 0.414 e. The van der Waals surface area contributed by atoms with Crippen molar-refractivity contribution in [2.75, 3.05) is 47.5 Å². The molecule has 1 aliphatic heterocycles. The summed E-state index contributed by atoms with van der Waals surface area (Å²) in [4.78, 5) is 66.2. The van der Waals surface area contributed by atoms with E-state index in [1.807, 2.05) is 32.0 Å². The van der Waals surface area contributed by atoms with Gasteiger partial charge in [-0.25, -0.2) is 14.4 Å². The Hall–Kier alpha value is -4.31. The van der Waals surface area contributed by atoms with Crippen LogP contribution in [0.1, 0.15) is 100.0 Å². The fourth-order valence-electron chi connectivity index (χ4n) is 6.64. The van der Waals surface area contributed by atoms with Crippen LogP contribution in [-0.2, 0) is 44.5 Å². The Labute approximate surface area is 343 Å². The summed E-state index contributed by atoms with van der Waals surface area (Å²) in [6.45, 7) is 16.9. The number of primary amides is 1. The monoisotopic (exact) mass is 820 g/mol. The summed E-state index contributed by atoms with van der Waals surface area (Å²) in [5.74, 6) is -0.679. The first-order valence-electron chi connectivity index (χ1n) is 20.2. The lowest BCUT2D eigenvalue weighted by Crippen LogP contribution is -2.47.